The molecular formula is C25H26O6. The number of benzene rings is 2. The molecule has 0 radical (unpaired) electrons. The third kappa shape index (κ3) is 4.43. The average molecular weight is 422 g/mol. The van der Waals surface area contributed by atoms with E-state index in [2.05, 4.69) is 12.7 Å². The Morgan fingerprint density at radius 3 is 2.29 bits per heavy atom. The smallest absolute Gasteiger partial charge is 0.238 e. The summed E-state index contributed by atoms with van der Waals surface area (Å²) >= 11 is 0. The largest absolute Gasteiger partial charge is 0.508 e. The van der Waals surface area contributed by atoms with E-state index in [1.807, 2.05) is 20.8 Å². The number of hydrogen-bond acceptors (Lipinski definition) is 6. The minimum absolute atomic E-state index is 0.00632. The molecule has 6 nitrogen and oxygen atoms in total. The minimum Gasteiger partial charge on any atom is -0.508 e. The highest BCUT2D eigenvalue weighted by atomic mass is 16.4. The number of allylic oxidation sites excluding steroid dienone is 3. The topological polar surface area (TPSA) is 111 Å². The summed E-state index contributed by atoms with van der Waals surface area (Å²) in [6.45, 7) is 9.93. The van der Waals surface area contributed by atoms with Crippen LogP contribution in [0.3, 0.4) is 0 Å². The Kier molecular flexibility index (Phi) is 6.11. The van der Waals surface area contributed by atoms with Crippen LogP contribution in [0.1, 0.15) is 32.8 Å². The zero-order valence-electron chi connectivity index (χ0n) is 17.8. The number of phenolic OH excluding ortho intramolecular Hbond substituents is 3. The second kappa shape index (κ2) is 8.60. The van der Waals surface area contributed by atoms with E-state index in [1.165, 1.54) is 24.3 Å². The fourth-order valence-corrected chi connectivity index (χ4v) is 3.47. The summed E-state index contributed by atoms with van der Waals surface area (Å²) in [5.74, 6) is -1.48. The molecule has 0 bridgehead atoms. The summed E-state index contributed by atoms with van der Waals surface area (Å²) in [7, 11) is 0. The van der Waals surface area contributed by atoms with Gasteiger partial charge in [-0.15, -0.1) is 0 Å². The lowest BCUT2D eigenvalue weighted by molar-refractivity contribution is 0.432. The molecule has 0 unspecified atom stereocenters. The minimum atomic E-state index is -0.806. The van der Waals surface area contributed by atoms with Crippen LogP contribution in [0, 0.1) is 5.92 Å². The van der Waals surface area contributed by atoms with Crippen molar-refractivity contribution >= 4 is 11.0 Å². The van der Waals surface area contributed by atoms with E-state index in [-0.39, 0.29) is 34.1 Å². The van der Waals surface area contributed by atoms with Crippen molar-refractivity contribution in [1.82, 2.24) is 0 Å². The SMILES string of the molecule is C=C(C)[C@H](CC=C(C)C)Cc1c(O)cc(O)c2c(=O)c(O)c(-c3ccc(O)cc3)oc12. The third-order valence-electron chi connectivity index (χ3n) is 5.29. The normalized spacial score (nSPS) is 12.0. The Labute approximate surface area is 180 Å². The molecule has 6 heteroatoms. The highest BCUT2D eigenvalue weighted by molar-refractivity contribution is 5.91. The molecule has 31 heavy (non-hydrogen) atoms. The van der Waals surface area contributed by atoms with Crippen LogP contribution in [0.25, 0.3) is 22.3 Å². The van der Waals surface area contributed by atoms with Gasteiger partial charge in [-0.1, -0.05) is 23.8 Å². The molecule has 0 spiro atoms. The molecule has 1 atom stereocenters. The number of fused-ring (bicyclic) bond motifs is 1. The van der Waals surface area contributed by atoms with Crippen molar-refractivity contribution in [3.63, 3.8) is 0 Å². The lowest BCUT2D eigenvalue weighted by Gasteiger charge is -2.18. The maximum absolute atomic E-state index is 12.9. The van der Waals surface area contributed by atoms with Gasteiger partial charge in [-0.05, 0) is 63.8 Å². The van der Waals surface area contributed by atoms with E-state index in [0.717, 1.165) is 17.2 Å². The summed E-state index contributed by atoms with van der Waals surface area (Å²) in [6.07, 6.45) is 3.08. The number of hydrogen-bond donors (Lipinski definition) is 4. The molecule has 1 heterocycles. The van der Waals surface area contributed by atoms with Gasteiger partial charge < -0.3 is 24.8 Å². The Bertz CT molecular complexity index is 1230. The van der Waals surface area contributed by atoms with E-state index < -0.39 is 16.9 Å². The lowest BCUT2D eigenvalue weighted by Crippen LogP contribution is -2.09. The fourth-order valence-electron chi connectivity index (χ4n) is 3.47. The molecule has 4 N–H and O–H groups in total. The van der Waals surface area contributed by atoms with Gasteiger partial charge in [0.15, 0.2) is 5.76 Å². The fraction of sp³-hybridized carbons (Fsp3) is 0.240. The molecule has 0 amide bonds. The van der Waals surface area contributed by atoms with Crippen molar-refractivity contribution in [3.05, 3.63) is 69.9 Å². The molecule has 0 fully saturated rings. The van der Waals surface area contributed by atoms with Gasteiger partial charge >= 0.3 is 0 Å². The van der Waals surface area contributed by atoms with E-state index in [9.17, 15) is 25.2 Å². The van der Waals surface area contributed by atoms with Crippen molar-refractivity contribution in [2.75, 3.05) is 0 Å². The first kappa shape index (κ1) is 22.0. The molecule has 0 saturated carbocycles. The zero-order valence-corrected chi connectivity index (χ0v) is 17.8. The summed E-state index contributed by atoms with van der Waals surface area (Å²) in [5.41, 5.74) is 1.96. The number of aromatic hydroxyl groups is 4. The average Bonchev–Trinajstić information content (AvgIpc) is 2.69. The maximum Gasteiger partial charge on any atom is 0.238 e. The van der Waals surface area contributed by atoms with Crippen LogP contribution >= 0.6 is 0 Å². The van der Waals surface area contributed by atoms with Crippen molar-refractivity contribution in [1.29, 1.82) is 0 Å². The first-order valence-corrected chi connectivity index (χ1v) is 9.91. The molecule has 0 aliphatic rings. The van der Waals surface area contributed by atoms with E-state index in [4.69, 9.17) is 4.42 Å². The number of phenols is 3. The van der Waals surface area contributed by atoms with Crippen molar-refractivity contribution in [2.45, 2.75) is 33.6 Å². The monoisotopic (exact) mass is 422 g/mol. The predicted molar refractivity (Wildman–Crippen MR) is 121 cm³/mol. The Morgan fingerprint density at radius 2 is 1.71 bits per heavy atom. The molecule has 162 valence electrons. The first-order valence-electron chi connectivity index (χ1n) is 9.91. The van der Waals surface area contributed by atoms with Crippen LogP contribution in [-0.4, -0.2) is 20.4 Å². The lowest BCUT2D eigenvalue weighted by atomic mass is 9.88. The second-order valence-corrected chi connectivity index (χ2v) is 8.02. The molecule has 0 aliphatic heterocycles. The van der Waals surface area contributed by atoms with Crippen molar-refractivity contribution < 1.29 is 24.8 Å². The van der Waals surface area contributed by atoms with Gasteiger partial charge in [-0.25, -0.2) is 0 Å². The summed E-state index contributed by atoms with van der Waals surface area (Å²) < 4.78 is 5.90. The molecule has 1 aromatic heterocycles. The van der Waals surface area contributed by atoms with Gasteiger partial charge in [-0.3, -0.25) is 4.79 Å². The first-order chi connectivity index (χ1) is 14.6. The molecule has 0 saturated heterocycles. The van der Waals surface area contributed by atoms with Gasteiger partial charge in [0, 0.05) is 17.2 Å². The van der Waals surface area contributed by atoms with Crippen LogP contribution in [0.5, 0.6) is 23.0 Å². The maximum atomic E-state index is 12.9. The predicted octanol–water partition coefficient (Wildman–Crippen LogP) is 5.37. The Hall–Kier alpha value is -3.67. The van der Waals surface area contributed by atoms with Gasteiger partial charge in [0.05, 0.1) is 0 Å². The van der Waals surface area contributed by atoms with E-state index in [1.54, 1.807) is 0 Å². The van der Waals surface area contributed by atoms with Crippen LogP contribution in [-0.2, 0) is 6.42 Å². The van der Waals surface area contributed by atoms with E-state index >= 15 is 0 Å². The Morgan fingerprint density at radius 1 is 1.06 bits per heavy atom. The van der Waals surface area contributed by atoms with Gasteiger partial charge in [0.2, 0.25) is 11.2 Å². The summed E-state index contributed by atoms with van der Waals surface area (Å²) in [4.78, 5) is 12.9. The highest BCUT2D eigenvalue weighted by Gasteiger charge is 2.24. The zero-order chi connectivity index (χ0) is 22.9. The highest BCUT2D eigenvalue weighted by Crippen LogP contribution is 2.40. The van der Waals surface area contributed by atoms with Crippen LogP contribution in [0.2, 0.25) is 0 Å². The number of rotatable bonds is 6. The molecule has 3 rings (SSSR count). The molecule has 2 aromatic carbocycles. The summed E-state index contributed by atoms with van der Waals surface area (Å²) in [5, 5.41) is 40.7. The molecule has 0 aliphatic carbocycles. The van der Waals surface area contributed by atoms with Crippen molar-refractivity contribution in [3.8, 4) is 34.3 Å². The van der Waals surface area contributed by atoms with Gasteiger partial charge in [0.1, 0.15) is 28.2 Å². The standard InChI is InChI=1S/C25H26O6/c1-13(2)5-6-16(14(3)4)11-18-19(27)12-20(28)21-22(29)23(30)24(31-25(18)21)15-7-9-17(26)10-8-15/h5,7-10,12,16,26-28,30H,3,6,11H2,1-2,4H3/t16-/m1/s1. The quantitative estimate of drug-likeness (QED) is 0.397. The van der Waals surface area contributed by atoms with Crippen molar-refractivity contribution in [2.24, 2.45) is 5.92 Å². The van der Waals surface area contributed by atoms with Gasteiger partial charge in [0.25, 0.3) is 0 Å². The molecule has 3 aromatic rings. The Balaban J connectivity index is 2.26. The third-order valence-corrected chi connectivity index (χ3v) is 5.29. The van der Waals surface area contributed by atoms with E-state index in [0.29, 0.717) is 24.0 Å². The van der Waals surface area contributed by atoms with Crippen LogP contribution in [0.15, 0.2) is 63.3 Å². The second-order valence-electron chi connectivity index (χ2n) is 8.02. The summed E-state index contributed by atoms with van der Waals surface area (Å²) in [6, 6.07) is 6.87. The van der Waals surface area contributed by atoms with Gasteiger partial charge in [-0.2, -0.15) is 0 Å². The van der Waals surface area contributed by atoms with Crippen LogP contribution < -0.4 is 5.43 Å². The molecular weight excluding hydrogens is 396 g/mol. The van der Waals surface area contributed by atoms with Crippen LogP contribution in [0.4, 0.5) is 0 Å².